The second kappa shape index (κ2) is 5.75. The Kier molecular flexibility index (Phi) is 3.88. The van der Waals surface area contributed by atoms with E-state index in [0.29, 0.717) is 12.1 Å². The number of carbonyl (C=O) groups is 2. The third-order valence-electron chi connectivity index (χ3n) is 4.17. The summed E-state index contributed by atoms with van der Waals surface area (Å²) in [6.45, 7) is 0. The predicted octanol–water partition coefficient (Wildman–Crippen LogP) is 0.932. The molecule has 1 amide bonds. The number of hydrogen-bond acceptors (Lipinski definition) is 5. The van der Waals surface area contributed by atoms with Crippen LogP contribution in [0.3, 0.4) is 0 Å². The number of amides is 1. The SMILES string of the molecule is O=C(O)C1(C(=O)NS(=O)(=O)c2cnn(-c3ccccc3)c2)CCC1. The van der Waals surface area contributed by atoms with Gasteiger partial charge in [-0.3, -0.25) is 9.59 Å². The number of hydrogen-bond donors (Lipinski definition) is 2. The van der Waals surface area contributed by atoms with E-state index in [2.05, 4.69) is 5.10 Å². The molecule has 1 saturated carbocycles. The summed E-state index contributed by atoms with van der Waals surface area (Å²) < 4.78 is 27.9. The molecule has 1 aliphatic rings. The van der Waals surface area contributed by atoms with Gasteiger partial charge in [0.2, 0.25) is 0 Å². The molecule has 1 aliphatic carbocycles. The normalized spacial score (nSPS) is 16.2. The number of sulfonamides is 1. The summed E-state index contributed by atoms with van der Waals surface area (Å²) in [5, 5.41) is 13.2. The molecule has 0 radical (unpaired) electrons. The molecule has 0 bridgehead atoms. The Balaban J connectivity index is 1.83. The van der Waals surface area contributed by atoms with E-state index < -0.39 is 27.3 Å². The Bertz CT molecular complexity index is 885. The minimum atomic E-state index is -4.19. The Labute approximate surface area is 138 Å². The fourth-order valence-electron chi connectivity index (χ4n) is 2.51. The van der Waals surface area contributed by atoms with Crippen LogP contribution in [0, 0.1) is 5.41 Å². The monoisotopic (exact) mass is 349 g/mol. The van der Waals surface area contributed by atoms with Gasteiger partial charge in [0.1, 0.15) is 10.3 Å². The molecule has 2 N–H and O–H groups in total. The van der Waals surface area contributed by atoms with Crippen LogP contribution < -0.4 is 4.72 Å². The minimum absolute atomic E-state index is 0.132. The third kappa shape index (κ3) is 2.67. The number of aliphatic carboxylic acids is 1. The minimum Gasteiger partial charge on any atom is -0.480 e. The average molecular weight is 349 g/mol. The molecule has 1 fully saturated rings. The highest BCUT2D eigenvalue weighted by Gasteiger charge is 2.52. The molecule has 9 heteroatoms. The van der Waals surface area contributed by atoms with Gasteiger partial charge in [-0.1, -0.05) is 24.6 Å². The molecule has 1 aromatic heterocycles. The summed E-state index contributed by atoms with van der Waals surface area (Å²) in [4.78, 5) is 23.2. The Morgan fingerprint density at radius 2 is 1.88 bits per heavy atom. The van der Waals surface area contributed by atoms with Crippen LogP contribution in [-0.2, 0) is 19.6 Å². The van der Waals surface area contributed by atoms with E-state index in [1.54, 1.807) is 24.3 Å². The molecule has 0 unspecified atom stereocenters. The van der Waals surface area contributed by atoms with E-state index in [-0.39, 0.29) is 17.7 Å². The summed E-state index contributed by atoms with van der Waals surface area (Å²) in [7, 11) is -4.19. The molecule has 0 spiro atoms. The van der Waals surface area contributed by atoms with Crippen molar-refractivity contribution in [3.63, 3.8) is 0 Å². The Morgan fingerprint density at radius 1 is 1.21 bits per heavy atom. The quantitative estimate of drug-likeness (QED) is 0.775. The van der Waals surface area contributed by atoms with E-state index in [4.69, 9.17) is 0 Å². The summed E-state index contributed by atoms with van der Waals surface area (Å²) >= 11 is 0. The van der Waals surface area contributed by atoms with Gasteiger partial charge < -0.3 is 5.11 Å². The second-order valence-electron chi connectivity index (χ2n) is 5.63. The van der Waals surface area contributed by atoms with Crippen LogP contribution in [0.1, 0.15) is 19.3 Å². The fourth-order valence-corrected chi connectivity index (χ4v) is 3.50. The lowest BCUT2D eigenvalue weighted by molar-refractivity contribution is -0.161. The molecule has 0 aliphatic heterocycles. The zero-order chi connectivity index (χ0) is 17.4. The fraction of sp³-hybridized carbons (Fsp3) is 0.267. The number of aromatic nitrogens is 2. The largest absolute Gasteiger partial charge is 0.480 e. The average Bonchev–Trinajstić information content (AvgIpc) is 2.96. The van der Waals surface area contributed by atoms with Gasteiger partial charge in [-0.2, -0.15) is 5.10 Å². The third-order valence-corrected chi connectivity index (χ3v) is 5.45. The predicted molar refractivity (Wildman–Crippen MR) is 82.8 cm³/mol. The molecular weight excluding hydrogens is 334 g/mol. The number of carboxylic acid groups (broad SMARTS) is 1. The molecule has 8 nitrogen and oxygen atoms in total. The van der Waals surface area contributed by atoms with E-state index in [9.17, 15) is 23.1 Å². The summed E-state index contributed by atoms with van der Waals surface area (Å²) in [5.74, 6) is -2.31. The van der Waals surface area contributed by atoms with Crippen molar-refractivity contribution in [2.75, 3.05) is 0 Å². The molecule has 1 aromatic carbocycles. The van der Waals surface area contributed by atoms with Gasteiger partial charge in [-0.15, -0.1) is 0 Å². The summed E-state index contributed by atoms with van der Waals surface area (Å²) in [5.41, 5.74) is -0.992. The number of para-hydroxylation sites is 1. The summed E-state index contributed by atoms with van der Waals surface area (Å²) in [6, 6.07) is 8.86. The van der Waals surface area contributed by atoms with Crippen LogP contribution in [0.15, 0.2) is 47.6 Å². The van der Waals surface area contributed by atoms with Crippen molar-refractivity contribution in [1.29, 1.82) is 0 Å². The first-order valence-corrected chi connectivity index (χ1v) is 8.74. The maximum Gasteiger partial charge on any atom is 0.319 e. The van der Waals surface area contributed by atoms with Gasteiger partial charge in [0, 0.05) is 0 Å². The maximum absolute atomic E-state index is 12.3. The lowest BCUT2D eigenvalue weighted by Crippen LogP contribution is -2.52. The first-order chi connectivity index (χ1) is 11.3. The van der Waals surface area contributed by atoms with E-state index in [0.717, 1.165) is 6.20 Å². The number of benzene rings is 1. The van der Waals surface area contributed by atoms with E-state index in [1.807, 2.05) is 10.8 Å². The lowest BCUT2D eigenvalue weighted by Gasteiger charge is -2.35. The van der Waals surface area contributed by atoms with Crippen molar-refractivity contribution in [3.8, 4) is 5.69 Å². The second-order valence-corrected chi connectivity index (χ2v) is 7.31. The number of nitrogens with zero attached hydrogens (tertiary/aromatic N) is 2. The first kappa shape index (κ1) is 16.2. The van der Waals surface area contributed by atoms with Crippen molar-refractivity contribution >= 4 is 21.9 Å². The van der Waals surface area contributed by atoms with E-state index in [1.165, 1.54) is 10.9 Å². The first-order valence-electron chi connectivity index (χ1n) is 7.26. The van der Waals surface area contributed by atoms with Crippen LogP contribution >= 0.6 is 0 Å². The molecule has 0 atom stereocenters. The highest BCUT2D eigenvalue weighted by molar-refractivity contribution is 7.90. The standard InChI is InChI=1S/C15H15N3O5S/c19-13(15(14(20)21)7-4-8-15)17-24(22,23)12-9-16-18(10-12)11-5-2-1-3-6-11/h1-3,5-6,9-10H,4,7-8H2,(H,17,19)(H,20,21). The van der Waals surface area contributed by atoms with Gasteiger partial charge in [-0.05, 0) is 25.0 Å². The number of carboxylic acids is 1. The van der Waals surface area contributed by atoms with Gasteiger partial charge in [0.25, 0.3) is 15.9 Å². The number of nitrogens with one attached hydrogen (secondary N) is 1. The van der Waals surface area contributed by atoms with Crippen LogP contribution in [0.2, 0.25) is 0 Å². The van der Waals surface area contributed by atoms with Crippen LogP contribution in [0.25, 0.3) is 5.69 Å². The topological polar surface area (TPSA) is 118 Å². The summed E-state index contributed by atoms with van der Waals surface area (Å²) in [6.07, 6.45) is 3.21. The van der Waals surface area contributed by atoms with Gasteiger partial charge >= 0.3 is 5.97 Å². The highest BCUT2D eigenvalue weighted by Crippen LogP contribution is 2.41. The van der Waals surface area contributed by atoms with Crippen molar-refractivity contribution in [2.45, 2.75) is 24.2 Å². The molecule has 2 aromatic rings. The molecular formula is C15H15N3O5S. The highest BCUT2D eigenvalue weighted by atomic mass is 32.2. The molecule has 3 rings (SSSR count). The van der Waals surface area contributed by atoms with Crippen molar-refractivity contribution < 1.29 is 23.1 Å². The molecule has 126 valence electrons. The van der Waals surface area contributed by atoms with Crippen LogP contribution in [-0.4, -0.2) is 35.2 Å². The van der Waals surface area contributed by atoms with Crippen LogP contribution in [0.5, 0.6) is 0 Å². The molecule has 24 heavy (non-hydrogen) atoms. The Hall–Kier alpha value is -2.68. The lowest BCUT2D eigenvalue weighted by atomic mass is 9.68. The van der Waals surface area contributed by atoms with Crippen molar-refractivity contribution in [3.05, 3.63) is 42.7 Å². The molecule has 1 heterocycles. The molecule has 0 saturated heterocycles. The number of rotatable bonds is 5. The smallest absolute Gasteiger partial charge is 0.319 e. The Morgan fingerprint density at radius 3 is 2.42 bits per heavy atom. The maximum atomic E-state index is 12.3. The zero-order valence-corrected chi connectivity index (χ0v) is 13.4. The van der Waals surface area contributed by atoms with Crippen LogP contribution in [0.4, 0.5) is 0 Å². The number of carbonyl (C=O) groups excluding carboxylic acids is 1. The van der Waals surface area contributed by atoms with Gasteiger partial charge in [0.05, 0.1) is 18.1 Å². The van der Waals surface area contributed by atoms with E-state index >= 15 is 0 Å². The van der Waals surface area contributed by atoms with Gasteiger partial charge in [-0.25, -0.2) is 17.8 Å². The van der Waals surface area contributed by atoms with Gasteiger partial charge in [0.15, 0.2) is 0 Å². The zero-order valence-electron chi connectivity index (χ0n) is 12.5. The van der Waals surface area contributed by atoms with Crippen molar-refractivity contribution in [1.82, 2.24) is 14.5 Å². The van der Waals surface area contributed by atoms with Crippen molar-refractivity contribution in [2.24, 2.45) is 5.41 Å².